The van der Waals surface area contributed by atoms with Crippen LogP contribution in [0.3, 0.4) is 0 Å². The number of hydrogen-bond acceptors (Lipinski definition) is 1. The lowest BCUT2D eigenvalue weighted by atomic mass is 9.65. The van der Waals surface area contributed by atoms with Crippen LogP contribution in [0, 0.1) is 5.41 Å². The first-order valence-electron chi connectivity index (χ1n) is 5.67. The zero-order valence-electron chi connectivity index (χ0n) is 10.1. The summed E-state index contributed by atoms with van der Waals surface area (Å²) in [5.41, 5.74) is 0.187. The van der Waals surface area contributed by atoms with Crippen LogP contribution in [0.5, 0.6) is 0 Å². The normalized spacial score (nSPS) is 38.1. The van der Waals surface area contributed by atoms with Gasteiger partial charge in [0.05, 0.1) is 11.7 Å². The van der Waals surface area contributed by atoms with Crippen LogP contribution in [0.25, 0.3) is 0 Å². The van der Waals surface area contributed by atoms with Crippen LogP contribution in [-0.4, -0.2) is 17.1 Å². The summed E-state index contributed by atoms with van der Waals surface area (Å²) in [6, 6.07) is 0. The lowest BCUT2D eigenvalue weighted by Crippen LogP contribution is -2.55. The minimum absolute atomic E-state index is 0.00186. The van der Waals surface area contributed by atoms with Crippen LogP contribution in [-0.2, 0) is 4.74 Å². The summed E-state index contributed by atoms with van der Waals surface area (Å²) in [7, 11) is 0. The third-order valence-electron chi connectivity index (χ3n) is 3.95. The fourth-order valence-electron chi connectivity index (χ4n) is 1.87. The Balaban J connectivity index is 2.56. The molecule has 3 atom stereocenters. The molecule has 3 unspecified atom stereocenters. The quantitative estimate of drug-likeness (QED) is 0.649. The largest absolute Gasteiger partial charge is 0.372 e. The molecule has 0 saturated heterocycles. The Bertz CT molecular complexity index is 202. The van der Waals surface area contributed by atoms with Crippen LogP contribution in [0.2, 0.25) is 0 Å². The Labute approximate surface area is 93.2 Å². The molecule has 14 heavy (non-hydrogen) atoms. The van der Waals surface area contributed by atoms with E-state index in [0.717, 1.165) is 19.3 Å². The fourth-order valence-corrected chi connectivity index (χ4v) is 2.32. The maximum absolute atomic E-state index is 6.24. The van der Waals surface area contributed by atoms with Crippen LogP contribution in [0.1, 0.15) is 53.9 Å². The molecule has 0 aliphatic heterocycles. The number of halogens is 1. The first-order valence-corrected chi connectivity index (χ1v) is 6.11. The number of rotatable bonds is 4. The van der Waals surface area contributed by atoms with E-state index in [4.69, 9.17) is 16.3 Å². The minimum Gasteiger partial charge on any atom is -0.372 e. The van der Waals surface area contributed by atoms with Crippen molar-refractivity contribution in [3.63, 3.8) is 0 Å². The van der Waals surface area contributed by atoms with E-state index in [9.17, 15) is 0 Å². The summed E-state index contributed by atoms with van der Waals surface area (Å²) in [6.45, 7) is 10.9. The van der Waals surface area contributed by atoms with Crippen molar-refractivity contribution in [2.45, 2.75) is 71.0 Å². The molecule has 1 fully saturated rings. The van der Waals surface area contributed by atoms with Crippen LogP contribution in [0.4, 0.5) is 0 Å². The van der Waals surface area contributed by atoms with Crippen molar-refractivity contribution in [2.75, 3.05) is 0 Å². The van der Waals surface area contributed by atoms with Crippen molar-refractivity contribution in [1.82, 2.24) is 0 Å². The number of alkyl halides is 1. The topological polar surface area (TPSA) is 9.23 Å². The molecule has 1 saturated carbocycles. The number of ether oxygens (including phenoxy) is 1. The van der Waals surface area contributed by atoms with Crippen molar-refractivity contribution < 1.29 is 4.74 Å². The third kappa shape index (κ3) is 2.09. The van der Waals surface area contributed by atoms with Gasteiger partial charge in [-0.1, -0.05) is 20.8 Å². The molecular formula is C12H23ClO. The van der Waals surface area contributed by atoms with Gasteiger partial charge in [0.2, 0.25) is 0 Å². The molecule has 0 radical (unpaired) electrons. The lowest BCUT2D eigenvalue weighted by Gasteiger charge is -2.53. The highest BCUT2D eigenvalue weighted by atomic mass is 35.5. The Morgan fingerprint density at radius 3 is 2.36 bits per heavy atom. The van der Waals surface area contributed by atoms with Gasteiger partial charge in [0.1, 0.15) is 0 Å². The summed E-state index contributed by atoms with van der Waals surface area (Å²) < 4.78 is 6.12. The second kappa shape index (κ2) is 4.02. The van der Waals surface area contributed by atoms with E-state index < -0.39 is 0 Å². The lowest BCUT2D eigenvalue weighted by molar-refractivity contribution is -0.168. The van der Waals surface area contributed by atoms with Gasteiger partial charge in [-0.05, 0) is 33.1 Å². The second-order valence-corrected chi connectivity index (χ2v) is 5.81. The molecule has 0 N–H and O–H groups in total. The van der Waals surface area contributed by atoms with Crippen LogP contribution >= 0.6 is 11.6 Å². The zero-order chi connectivity index (χ0) is 11.0. The van der Waals surface area contributed by atoms with Gasteiger partial charge in [0.25, 0.3) is 0 Å². The van der Waals surface area contributed by atoms with E-state index in [1.54, 1.807) is 0 Å². The molecule has 0 amide bonds. The van der Waals surface area contributed by atoms with Crippen LogP contribution < -0.4 is 0 Å². The Kier molecular flexibility index (Phi) is 3.53. The molecule has 1 aliphatic rings. The average Bonchev–Trinajstić information content (AvgIpc) is 2.16. The van der Waals surface area contributed by atoms with E-state index in [1.165, 1.54) is 0 Å². The van der Waals surface area contributed by atoms with E-state index in [2.05, 4.69) is 34.6 Å². The predicted molar refractivity (Wildman–Crippen MR) is 61.9 cm³/mol. The molecule has 0 aromatic carbocycles. The highest BCUT2D eigenvalue weighted by molar-refractivity contribution is 6.21. The molecule has 0 spiro atoms. The van der Waals surface area contributed by atoms with Gasteiger partial charge in [0, 0.05) is 10.8 Å². The number of hydrogen-bond donors (Lipinski definition) is 0. The minimum atomic E-state index is -0.00186. The maximum Gasteiger partial charge on any atom is 0.0664 e. The Morgan fingerprint density at radius 2 is 2.00 bits per heavy atom. The molecule has 0 aromatic rings. The molecule has 84 valence electrons. The van der Waals surface area contributed by atoms with E-state index in [1.807, 2.05) is 0 Å². The smallest absolute Gasteiger partial charge is 0.0664 e. The van der Waals surface area contributed by atoms with Gasteiger partial charge in [0.15, 0.2) is 0 Å². The van der Waals surface area contributed by atoms with E-state index >= 15 is 0 Å². The van der Waals surface area contributed by atoms with E-state index in [0.29, 0.717) is 11.5 Å². The summed E-state index contributed by atoms with van der Waals surface area (Å²) in [5.74, 6) is 0. The van der Waals surface area contributed by atoms with Crippen LogP contribution in [0.15, 0.2) is 0 Å². The monoisotopic (exact) mass is 218 g/mol. The van der Waals surface area contributed by atoms with Crippen molar-refractivity contribution in [2.24, 2.45) is 5.41 Å². The standard InChI is InChI=1S/C12H23ClO/c1-6-11(3,4)14-10-8-9(13)12(10,5)7-2/h9-10H,6-8H2,1-5H3. The molecule has 1 nitrogen and oxygen atoms in total. The van der Waals surface area contributed by atoms with Gasteiger partial charge in [-0.15, -0.1) is 11.6 Å². The third-order valence-corrected chi connectivity index (χ3v) is 4.62. The molecular weight excluding hydrogens is 196 g/mol. The molecule has 1 aliphatic carbocycles. The van der Waals surface area contributed by atoms with Gasteiger partial charge >= 0.3 is 0 Å². The van der Waals surface area contributed by atoms with Crippen molar-refractivity contribution >= 4 is 11.6 Å². The van der Waals surface area contributed by atoms with Crippen molar-refractivity contribution in [1.29, 1.82) is 0 Å². The van der Waals surface area contributed by atoms with Gasteiger partial charge in [-0.2, -0.15) is 0 Å². The predicted octanol–water partition coefficient (Wildman–Crippen LogP) is 3.99. The van der Waals surface area contributed by atoms with Gasteiger partial charge < -0.3 is 4.74 Å². The molecule has 0 heterocycles. The molecule has 1 rings (SSSR count). The SMILES string of the molecule is CCC(C)(C)OC1CC(Cl)C1(C)CC. The summed E-state index contributed by atoms with van der Waals surface area (Å²) in [6.07, 6.45) is 3.52. The molecule has 2 heteroatoms. The Hall–Kier alpha value is 0.250. The average molecular weight is 219 g/mol. The van der Waals surface area contributed by atoms with E-state index in [-0.39, 0.29) is 11.0 Å². The summed E-state index contributed by atoms with van der Waals surface area (Å²) >= 11 is 6.24. The first kappa shape index (κ1) is 12.3. The maximum atomic E-state index is 6.24. The highest BCUT2D eigenvalue weighted by Crippen LogP contribution is 2.50. The van der Waals surface area contributed by atoms with Gasteiger partial charge in [-0.25, -0.2) is 0 Å². The second-order valence-electron chi connectivity index (χ2n) is 5.28. The molecule has 0 bridgehead atoms. The highest BCUT2D eigenvalue weighted by Gasteiger charge is 2.51. The summed E-state index contributed by atoms with van der Waals surface area (Å²) in [4.78, 5) is 0. The zero-order valence-corrected chi connectivity index (χ0v) is 10.8. The summed E-state index contributed by atoms with van der Waals surface area (Å²) in [5, 5.41) is 0.296. The first-order chi connectivity index (χ1) is 6.35. The van der Waals surface area contributed by atoms with Gasteiger partial charge in [-0.3, -0.25) is 0 Å². The Morgan fingerprint density at radius 1 is 1.43 bits per heavy atom. The van der Waals surface area contributed by atoms with Crippen molar-refractivity contribution in [3.05, 3.63) is 0 Å². The molecule has 0 aromatic heterocycles. The fraction of sp³-hybridized carbons (Fsp3) is 1.00. The van der Waals surface area contributed by atoms with Crippen molar-refractivity contribution in [3.8, 4) is 0 Å².